The van der Waals surface area contributed by atoms with Crippen molar-refractivity contribution in [3.63, 3.8) is 0 Å². The van der Waals surface area contributed by atoms with Gasteiger partial charge in [-0.2, -0.15) is 0 Å². The van der Waals surface area contributed by atoms with Crippen LogP contribution in [0.3, 0.4) is 0 Å². The maximum absolute atomic E-state index is 14.6. The summed E-state index contributed by atoms with van der Waals surface area (Å²) in [5, 5.41) is 3.15. The smallest absolute Gasteiger partial charge is 0.282 e. The number of anilines is 2. The minimum Gasteiger partial charge on any atom is -0.350 e. The molecule has 4 rings (SSSR count). The van der Waals surface area contributed by atoms with Gasteiger partial charge in [0.25, 0.3) is 11.8 Å². The standard InChI is InChI=1S/C28H27FN2O2/c1-17-10-11-19(16-18(17)2)24-25(30-21-14-12-20(13-15-21)28(3,4)5)27(33)31(26(24)32)23-9-7-6-8-22(23)29/h6-16,30H,1-5H3. The first kappa shape index (κ1) is 22.5. The predicted octanol–water partition coefficient (Wildman–Crippen LogP) is 6.14. The van der Waals surface area contributed by atoms with Gasteiger partial charge < -0.3 is 5.32 Å². The number of hydrogen-bond acceptors (Lipinski definition) is 3. The average molecular weight is 443 g/mol. The van der Waals surface area contributed by atoms with Crippen molar-refractivity contribution >= 4 is 28.8 Å². The van der Waals surface area contributed by atoms with Crippen molar-refractivity contribution in [1.82, 2.24) is 0 Å². The Morgan fingerprint density at radius 1 is 0.818 bits per heavy atom. The van der Waals surface area contributed by atoms with Gasteiger partial charge in [0, 0.05) is 5.69 Å². The molecule has 0 fully saturated rings. The molecule has 1 heterocycles. The fourth-order valence-corrected chi connectivity index (χ4v) is 3.86. The molecule has 2 amide bonds. The van der Waals surface area contributed by atoms with Crippen LogP contribution in [0.4, 0.5) is 15.8 Å². The summed E-state index contributed by atoms with van der Waals surface area (Å²) in [5.74, 6) is -1.77. The van der Waals surface area contributed by atoms with Gasteiger partial charge in [-0.25, -0.2) is 9.29 Å². The van der Waals surface area contributed by atoms with E-state index >= 15 is 0 Å². The number of carbonyl (C=O) groups is 2. The van der Waals surface area contributed by atoms with Crippen molar-refractivity contribution in [1.29, 1.82) is 0 Å². The van der Waals surface area contributed by atoms with Crippen molar-refractivity contribution in [3.8, 4) is 0 Å². The van der Waals surface area contributed by atoms with Crippen LogP contribution >= 0.6 is 0 Å². The molecule has 1 aliphatic rings. The molecule has 3 aromatic carbocycles. The second kappa shape index (κ2) is 8.32. The molecular weight excluding hydrogens is 415 g/mol. The largest absolute Gasteiger partial charge is 0.350 e. The van der Waals surface area contributed by atoms with E-state index in [1.165, 1.54) is 18.2 Å². The van der Waals surface area contributed by atoms with Crippen LogP contribution in [0, 0.1) is 19.7 Å². The Hall–Kier alpha value is -3.73. The highest BCUT2D eigenvalue weighted by Crippen LogP contribution is 2.35. The Labute approximate surface area is 193 Å². The summed E-state index contributed by atoms with van der Waals surface area (Å²) in [5.41, 5.74) is 4.81. The number of amides is 2. The Balaban J connectivity index is 1.82. The predicted molar refractivity (Wildman–Crippen MR) is 130 cm³/mol. The molecule has 0 saturated heterocycles. The summed E-state index contributed by atoms with van der Waals surface area (Å²) in [7, 11) is 0. The third-order valence-corrected chi connectivity index (χ3v) is 5.99. The fraction of sp³-hybridized carbons (Fsp3) is 0.214. The van der Waals surface area contributed by atoms with E-state index in [-0.39, 0.29) is 22.4 Å². The van der Waals surface area contributed by atoms with Gasteiger partial charge in [-0.05, 0) is 65.8 Å². The maximum Gasteiger partial charge on any atom is 0.282 e. The summed E-state index contributed by atoms with van der Waals surface area (Å²) in [6.45, 7) is 10.3. The zero-order valence-corrected chi connectivity index (χ0v) is 19.5. The molecule has 5 heteroatoms. The first-order chi connectivity index (χ1) is 15.6. The fourth-order valence-electron chi connectivity index (χ4n) is 3.86. The van der Waals surface area contributed by atoms with E-state index in [1.54, 1.807) is 6.07 Å². The highest BCUT2D eigenvalue weighted by atomic mass is 19.1. The van der Waals surface area contributed by atoms with Gasteiger partial charge in [0.2, 0.25) is 0 Å². The lowest BCUT2D eigenvalue weighted by Gasteiger charge is -2.19. The normalized spacial score (nSPS) is 14.3. The summed E-state index contributed by atoms with van der Waals surface area (Å²) in [6, 6.07) is 19.2. The Bertz CT molecular complexity index is 1280. The molecule has 0 atom stereocenters. The van der Waals surface area contributed by atoms with Gasteiger partial charge in [-0.3, -0.25) is 9.59 Å². The van der Waals surface area contributed by atoms with E-state index in [2.05, 4.69) is 26.1 Å². The number of benzene rings is 3. The molecule has 0 aliphatic carbocycles. The van der Waals surface area contributed by atoms with Crippen molar-refractivity contribution in [2.45, 2.75) is 40.0 Å². The molecule has 33 heavy (non-hydrogen) atoms. The van der Waals surface area contributed by atoms with E-state index in [9.17, 15) is 14.0 Å². The number of halogens is 1. The van der Waals surface area contributed by atoms with Crippen LogP contribution in [-0.2, 0) is 15.0 Å². The van der Waals surface area contributed by atoms with Crippen LogP contribution in [0.1, 0.15) is 43.0 Å². The molecule has 0 spiro atoms. The SMILES string of the molecule is Cc1ccc(C2=C(Nc3ccc(C(C)(C)C)cc3)C(=O)N(c3ccccc3F)C2=O)cc1C. The van der Waals surface area contributed by atoms with E-state index in [0.717, 1.165) is 21.6 Å². The zero-order chi connectivity index (χ0) is 23.9. The lowest BCUT2D eigenvalue weighted by atomic mass is 9.87. The van der Waals surface area contributed by atoms with Gasteiger partial charge in [-0.15, -0.1) is 0 Å². The van der Waals surface area contributed by atoms with Crippen LogP contribution in [-0.4, -0.2) is 11.8 Å². The molecule has 0 aromatic heterocycles. The second-order valence-electron chi connectivity index (χ2n) is 9.40. The van der Waals surface area contributed by atoms with E-state index in [4.69, 9.17) is 0 Å². The Kier molecular flexibility index (Phi) is 5.66. The van der Waals surface area contributed by atoms with Gasteiger partial charge in [-0.1, -0.05) is 63.2 Å². The molecular formula is C28H27FN2O2. The molecule has 3 aromatic rings. The number of carbonyl (C=O) groups excluding carboxylic acids is 2. The minimum atomic E-state index is -0.630. The van der Waals surface area contributed by atoms with Gasteiger partial charge >= 0.3 is 0 Å². The van der Waals surface area contributed by atoms with Gasteiger partial charge in [0.15, 0.2) is 0 Å². The van der Waals surface area contributed by atoms with E-state index < -0.39 is 17.6 Å². The van der Waals surface area contributed by atoms with Crippen molar-refractivity contribution in [3.05, 3.63) is 100 Å². The molecule has 1 N–H and O–H groups in total. The number of nitrogens with one attached hydrogen (secondary N) is 1. The lowest BCUT2D eigenvalue weighted by Crippen LogP contribution is -2.33. The van der Waals surface area contributed by atoms with E-state index in [1.807, 2.05) is 56.3 Å². The molecule has 0 bridgehead atoms. The summed E-state index contributed by atoms with van der Waals surface area (Å²) < 4.78 is 14.6. The quantitative estimate of drug-likeness (QED) is 0.494. The number of rotatable bonds is 4. The molecule has 0 radical (unpaired) electrons. The van der Waals surface area contributed by atoms with Crippen LogP contribution in [0.25, 0.3) is 5.57 Å². The number of aryl methyl sites for hydroxylation is 2. The second-order valence-corrected chi connectivity index (χ2v) is 9.40. The zero-order valence-electron chi connectivity index (χ0n) is 19.5. The Morgan fingerprint density at radius 3 is 2.09 bits per heavy atom. The number of nitrogens with zero attached hydrogens (tertiary/aromatic N) is 1. The maximum atomic E-state index is 14.6. The first-order valence-corrected chi connectivity index (χ1v) is 10.9. The molecule has 168 valence electrons. The summed E-state index contributed by atoms with van der Waals surface area (Å²) in [6.07, 6.45) is 0. The minimum absolute atomic E-state index is 0.0108. The highest BCUT2D eigenvalue weighted by molar-refractivity contribution is 6.46. The topological polar surface area (TPSA) is 49.4 Å². The van der Waals surface area contributed by atoms with Crippen LogP contribution in [0.15, 0.2) is 72.4 Å². The van der Waals surface area contributed by atoms with Crippen molar-refractivity contribution < 1.29 is 14.0 Å². The van der Waals surface area contributed by atoms with Crippen molar-refractivity contribution in [2.24, 2.45) is 0 Å². The third kappa shape index (κ3) is 4.19. The van der Waals surface area contributed by atoms with Gasteiger partial charge in [0.1, 0.15) is 11.5 Å². The molecule has 4 nitrogen and oxygen atoms in total. The Morgan fingerprint density at radius 2 is 1.48 bits per heavy atom. The molecule has 0 unspecified atom stereocenters. The average Bonchev–Trinajstić information content (AvgIpc) is 3.00. The molecule has 0 saturated carbocycles. The highest BCUT2D eigenvalue weighted by Gasteiger charge is 2.41. The third-order valence-electron chi connectivity index (χ3n) is 5.99. The van der Waals surface area contributed by atoms with Crippen LogP contribution in [0.2, 0.25) is 0 Å². The van der Waals surface area contributed by atoms with Gasteiger partial charge in [0.05, 0.1) is 11.3 Å². The summed E-state index contributed by atoms with van der Waals surface area (Å²) >= 11 is 0. The molecule has 1 aliphatic heterocycles. The van der Waals surface area contributed by atoms with Crippen molar-refractivity contribution in [2.75, 3.05) is 10.2 Å². The van der Waals surface area contributed by atoms with E-state index in [0.29, 0.717) is 11.3 Å². The number of para-hydroxylation sites is 1. The first-order valence-electron chi connectivity index (χ1n) is 10.9. The lowest BCUT2D eigenvalue weighted by molar-refractivity contribution is -0.120. The number of imide groups is 1. The van der Waals surface area contributed by atoms with Crippen LogP contribution in [0.5, 0.6) is 0 Å². The van der Waals surface area contributed by atoms with Crippen LogP contribution < -0.4 is 10.2 Å². The monoisotopic (exact) mass is 442 g/mol. The number of hydrogen-bond donors (Lipinski definition) is 1. The summed E-state index contributed by atoms with van der Waals surface area (Å²) in [4.78, 5) is 27.9.